The summed E-state index contributed by atoms with van der Waals surface area (Å²) in [5.41, 5.74) is 5.11. The van der Waals surface area contributed by atoms with E-state index >= 15 is 0 Å². The van der Waals surface area contributed by atoms with Crippen LogP contribution in [-0.4, -0.2) is 39.8 Å². The second-order valence-corrected chi connectivity index (χ2v) is 7.22. The molecule has 144 valence electrons. The minimum atomic E-state index is 0. The number of hydrogen-bond donors (Lipinski definition) is 2. The van der Waals surface area contributed by atoms with Crippen molar-refractivity contribution < 1.29 is 2.85 Å². The van der Waals surface area contributed by atoms with E-state index in [1.54, 1.807) is 6.20 Å². The minimum absolute atomic E-state index is 0. The molecule has 1 aliphatic rings. The lowest BCUT2D eigenvalue weighted by molar-refractivity contribution is 0.469. The molecule has 2 N–H and O–H groups in total. The predicted octanol–water partition coefficient (Wildman–Crippen LogP) is 3.97. The fourth-order valence-electron chi connectivity index (χ4n) is 3.76. The highest BCUT2D eigenvalue weighted by Crippen LogP contribution is 2.27. The second kappa shape index (κ2) is 7.05. The molecular formula is C22H26N6. The number of rotatable bonds is 3. The number of nitrogens with zero attached hydrogens (tertiary/aromatic N) is 4. The Labute approximate surface area is 166 Å². The van der Waals surface area contributed by atoms with E-state index in [9.17, 15) is 0 Å². The van der Waals surface area contributed by atoms with Crippen molar-refractivity contribution in [3.8, 4) is 11.4 Å². The van der Waals surface area contributed by atoms with Gasteiger partial charge in [0.2, 0.25) is 0 Å². The highest BCUT2D eigenvalue weighted by atomic mass is 15.2. The summed E-state index contributed by atoms with van der Waals surface area (Å²) in [4.78, 5) is 11.6. The molecule has 6 nitrogen and oxygen atoms in total. The minimum Gasteiger partial charge on any atom is -0.353 e. The number of piperazine rings is 1. The molecule has 4 heterocycles. The van der Waals surface area contributed by atoms with E-state index in [2.05, 4.69) is 68.7 Å². The van der Waals surface area contributed by atoms with Crippen LogP contribution in [-0.2, 0) is 0 Å². The van der Waals surface area contributed by atoms with Gasteiger partial charge in [-0.05, 0) is 36.8 Å². The van der Waals surface area contributed by atoms with Crippen molar-refractivity contribution in [2.24, 2.45) is 0 Å². The summed E-state index contributed by atoms with van der Waals surface area (Å²) in [5.74, 6) is 0.989. The van der Waals surface area contributed by atoms with Crippen molar-refractivity contribution in [2.45, 2.75) is 13.0 Å². The number of anilines is 1. The monoisotopic (exact) mass is 374 g/mol. The van der Waals surface area contributed by atoms with Crippen molar-refractivity contribution in [1.82, 2.24) is 25.5 Å². The smallest absolute Gasteiger partial charge is 0.181 e. The van der Waals surface area contributed by atoms with Crippen LogP contribution in [0.2, 0.25) is 0 Å². The van der Waals surface area contributed by atoms with Gasteiger partial charge in [0.25, 0.3) is 0 Å². The predicted molar refractivity (Wildman–Crippen MR) is 115 cm³/mol. The van der Waals surface area contributed by atoms with Gasteiger partial charge in [-0.2, -0.15) is 5.10 Å². The Morgan fingerprint density at radius 1 is 1.07 bits per heavy atom. The lowest BCUT2D eigenvalue weighted by Crippen LogP contribution is -2.46. The Morgan fingerprint density at radius 2 is 1.96 bits per heavy atom. The van der Waals surface area contributed by atoms with Crippen LogP contribution >= 0.6 is 0 Å². The quantitative estimate of drug-likeness (QED) is 0.568. The molecule has 1 atom stereocenters. The Hall–Kier alpha value is -3.25. The van der Waals surface area contributed by atoms with Gasteiger partial charge in [0.15, 0.2) is 5.65 Å². The fraction of sp³-hybridized carbons (Fsp3) is 0.227. The molecule has 6 heteroatoms. The Kier molecular flexibility index (Phi) is 4.25. The Bertz CT molecular complexity index is 1110. The van der Waals surface area contributed by atoms with Gasteiger partial charge in [0.1, 0.15) is 5.82 Å². The van der Waals surface area contributed by atoms with Crippen molar-refractivity contribution >= 4 is 16.9 Å². The number of nitrogens with one attached hydrogen (secondary N) is 2. The summed E-state index contributed by atoms with van der Waals surface area (Å²) >= 11 is 0. The maximum atomic E-state index is 4.93. The van der Waals surface area contributed by atoms with Crippen LogP contribution in [0, 0.1) is 6.92 Å². The summed E-state index contributed by atoms with van der Waals surface area (Å²) in [6.07, 6.45) is 1.75. The van der Waals surface area contributed by atoms with Gasteiger partial charge < -0.3 is 10.2 Å². The van der Waals surface area contributed by atoms with E-state index in [1.165, 1.54) is 11.1 Å². The largest absolute Gasteiger partial charge is 0.353 e. The molecule has 4 aromatic rings. The van der Waals surface area contributed by atoms with Crippen LogP contribution in [0.5, 0.6) is 0 Å². The third-order valence-corrected chi connectivity index (χ3v) is 5.30. The Balaban J connectivity index is 0.00000128. The van der Waals surface area contributed by atoms with E-state index in [4.69, 9.17) is 4.98 Å². The standard InChI is InChI=1S/C22H22N6.2H2/c1-15-7-9-16(10-8-15)19-14-28(13-12-23-19)20-6-2-5-18(25-20)21-17-4-3-11-24-22(17)27-26-21;;/h2-11,19,23H,12-14H2,1H3,(H,24,26,27);2*1H. The molecule has 0 bridgehead atoms. The van der Waals surface area contributed by atoms with Gasteiger partial charge in [0, 0.05) is 40.1 Å². The van der Waals surface area contributed by atoms with Crippen LogP contribution in [0.25, 0.3) is 22.4 Å². The number of fused-ring (bicyclic) bond motifs is 1. The van der Waals surface area contributed by atoms with Crippen molar-refractivity contribution in [3.05, 3.63) is 71.9 Å². The molecule has 0 saturated carbocycles. The summed E-state index contributed by atoms with van der Waals surface area (Å²) in [5, 5.41) is 12.0. The maximum absolute atomic E-state index is 4.93. The van der Waals surface area contributed by atoms with Crippen molar-refractivity contribution in [2.75, 3.05) is 24.5 Å². The number of pyridine rings is 2. The summed E-state index contributed by atoms with van der Waals surface area (Å²) in [6, 6.07) is 19.2. The molecule has 3 aromatic heterocycles. The molecule has 1 fully saturated rings. The highest BCUT2D eigenvalue weighted by Gasteiger charge is 2.22. The molecule has 5 rings (SSSR count). The van der Waals surface area contributed by atoms with E-state index in [1.807, 2.05) is 18.2 Å². The number of H-pyrrole nitrogens is 1. The molecular weight excluding hydrogens is 348 g/mol. The molecule has 1 aromatic carbocycles. The van der Waals surface area contributed by atoms with E-state index in [0.29, 0.717) is 11.7 Å². The first-order valence-corrected chi connectivity index (χ1v) is 9.59. The average Bonchev–Trinajstić information content (AvgIpc) is 3.19. The zero-order valence-electron chi connectivity index (χ0n) is 15.8. The summed E-state index contributed by atoms with van der Waals surface area (Å²) in [7, 11) is 0. The first-order chi connectivity index (χ1) is 13.8. The van der Waals surface area contributed by atoms with E-state index < -0.39 is 0 Å². The van der Waals surface area contributed by atoms with Crippen molar-refractivity contribution in [3.63, 3.8) is 0 Å². The average molecular weight is 374 g/mol. The van der Waals surface area contributed by atoms with Gasteiger partial charge in [-0.25, -0.2) is 9.97 Å². The second-order valence-electron chi connectivity index (χ2n) is 7.22. The molecule has 1 unspecified atom stereocenters. The highest BCUT2D eigenvalue weighted by molar-refractivity contribution is 5.89. The molecule has 1 aliphatic heterocycles. The zero-order valence-corrected chi connectivity index (χ0v) is 15.8. The van der Waals surface area contributed by atoms with E-state index in [-0.39, 0.29) is 2.85 Å². The van der Waals surface area contributed by atoms with E-state index in [0.717, 1.165) is 42.2 Å². The molecule has 0 aliphatic carbocycles. The number of aromatic amines is 1. The normalized spacial score (nSPS) is 17.2. The SMILES string of the molecule is Cc1ccc(C2CN(c3cccc(-c4[nH]nc5ncccc45)n3)CCN2)cc1.[HH].[HH]. The zero-order chi connectivity index (χ0) is 18.9. The third kappa shape index (κ3) is 3.12. The van der Waals surface area contributed by atoms with Crippen LogP contribution in [0.3, 0.4) is 0 Å². The lowest BCUT2D eigenvalue weighted by atomic mass is 10.0. The number of aromatic nitrogens is 4. The molecule has 0 amide bonds. The van der Waals surface area contributed by atoms with Crippen molar-refractivity contribution in [1.29, 1.82) is 0 Å². The number of benzene rings is 1. The first-order valence-electron chi connectivity index (χ1n) is 9.59. The Morgan fingerprint density at radius 3 is 2.86 bits per heavy atom. The summed E-state index contributed by atoms with van der Waals surface area (Å²) < 4.78 is 0. The maximum Gasteiger partial charge on any atom is 0.181 e. The third-order valence-electron chi connectivity index (χ3n) is 5.30. The van der Waals surface area contributed by atoms with Gasteiger partial charge in [-0.15, -0.1) is 0 Å². The topological polar surface area (TPSA) is 69.7 Å². The molecule has 0 radical (unpaired) electrons. The fourth-order valence-corrected chi connectivity index (χ4v) is 3.76. The first kappa shape index (κ1) is 16.9. The number of aryl methyl sites for hydroxylation is 1. The number of hydrogen-bond acceptors (Lipinski definition) is 5. The molecule has 1 saturated heterocycles. The van der Waals surface area contributed by atoms with Crippen LogP contribution in [0.15, 0.2) is 60.8 Å². The lowest BCUT2D eigenvalue weighted by Gasteiger charge is -2.35. The van der Waals surface area contributed by atoms with Gasteiger partial charge in [-0.3, -0.25) is 5.10 Å². The molecule has 28 heavy (non-hydrogen) atoms. The van der Waals surface area contributed by atoms with Crippen LogP contribution in [0.1, 0.15) is 20.0 Å². The summed E-state index contributed by atoms with van der Waals surface area (Å²) in [6.45, 7) is 4.88. The van der Waals surface area contributed by atoms with Gasteiger partial charge in [-0.1, -0.05) is 35.9 Å². The van der Waals surface area contributed by atoms with Gasteiger partial charge >= 0.3 is 0 Å². The molecule has 0 spiro atoms. The van der Waals surface area contributed by atoms with Crippen LogP contribution < -0.4 is 10.2 Å². The van der Waals surface area contributed by atoms with Gasteiger partial charge in [0.05, 0.1) is 11.4 Å². The van der Waals surface area contributed by atoms with Crippen LogP contribution in [0.4, 0.5) is 5.82 Å².